The Morgan fingerprint density at radius 1 is 1.23 bits per heavy atom. The first-order valence-corrected chi connectivity index (χ1v) is 10.2. The number of likely N-dealkylation sites (tertiary alicyclic amines) is 1. The Morgan fingerprint density at radius 3 is 2.73 bits per heavy atom. The molecular formula is C21H26N2O2S. The van der Waals surface area contributed by atoms with Gasteiger partial charge in [-0.3, -0.25) is 9.59 Å². The fraction of sp³-hybridized carbons (Fsp3) is 0.429. The molecule has 2 amide bonds. The number of anilines is 1. The van der Waals surface area contributed by atoms with Crippen LogP contribution in [0.3, 0.4) is 0 Å². The van der Waals surface area contributed by atoms with Crippen LogP contribution in [-0.4, -0.2) is 29.8 Å². The molecule has 5 heteroatoms. The van der Waals surface area contributed by atoms with Gasteiger partial charge >= 0.3 is 0 Å². The van der Waals surface area contributed by atoms with Gasteiger partial charge in [-0.1, -0.05) is 12.1 Å². The molecule has 1 aromatic heterocycles. The van der Waals surface area contributed by atoms with E-state index in [0.717, 1.165) is 49.2 Å². The minimum atomic E-state index is 0.0755. The summed E-state index contributed by atoms with van der Waals surface area (Å²) >= 11 is 1.63. The summed E-state index contributed by atoms with van der Waals surface area (Å²) in [5.41, 5.74) is 3.11. The van der Waals surface area contributed by atoms with Crippen LogP contribution in [0.25, 0.3) is 0 Å². The lowest BCUT2D eigenvalue weighted by Crippen LogP contribution is -2.39. The average molecular weight is 371 g/mol. The highest BCUT2D eigenvalue weighted by Crippen LogP contribution is 2.23. The van der Waals surface area contributed by atoms with Crippen molar-refractivity contribution in [1.82, 2.24) is 4.90 Å². The highest BCUT2D eigenvalue weighted by Gasteiger charge is 2.23. The molecular weight excluding hydrogens is 344 g/mol. The Balaban J connectivity index is 1.37. The molecule has 0 aliphatic carbocycles. The van der Waals surface area contributed by atoms with Crippen LogP contribution in [0.5, 0.6) is 0 Å². The second-order valence-corrected chi connectivity index (χ2v) is 7.87. The summed E-state index contributed by atoms with van der Waals surface area (Å²) in [7, 11) is 0. The summed E-state index contributed by atoms with van der Waals surface area (Å²) < 4.78 is 0. The molecule has 4 nitrogen and oxygen atoms in total. The van der Waals surface area contributed by atoms with Crippen molar-refractivity contribution in [3.63, 3.8) is 0 Å². The molecule has 26 heavy (non-hydrogen) atoms. The molecule has 0 saturated carbocycles. The second kappa shape index (κ2) is 8.99. The maximum atomic E-state index is 12.3. The van der Waals surface area contributed by atoms with E-state index >= 15 is 0 Å². The average Bonchev–Trinajstić information content (AvgIpc) is 3.13. The van der Waals surface area contributed by atoms with E-state index in [1.165, 1.54) is 0 Å². The number of piperidine rings is 1. The first-order valence-electron chi connectivity index (χ1n) is 9.25. The van der Waals surface area contributed by atoms with Gasteiger partial charge in [-0.25, -0.2) is 0 Å². The van der Waals surface area contributed by atoms with Crippen molar-refractivity contribution in [1.29, 1.82) is 0 Å². The van der Waals surface area contributed by atoms with Gasteiger partial charge in [0.25, 0.3) is 0 Å². The highest BCUT2D eigenvalue weighted by molar-refractivity contribution is 7.08. The van der Waals surface area contributed by atoms with E-state index in [1.54, 1.807) is 11.3 Å². The van der Waals surface area contributed by atoms with Gasteiger partial charge in [0.2, 0.25) is 11.8 Å². The standard InChI is InChI=1S/C21H26N2O2S/c1-16-3-2-4-19(13-16)22-20(24)6-5-17-7-10-23(11-8-17)21(25)14-18-9-12-26-15-18/h2-4,9,12-13,15,17H,5-8,10-11,14H2,1H3,(H,22,24). The first-order chi connectivity index (χ1) is 12.6. The van der Waals surface area contributed by atoms with Crippen molar-refractivity contribution in [3.05, 3.63) is 52.2 Å². The van der Waals surface area contributed by atoms with Gasteiger partial charge < -0.3 is 10.2 Å². The Bertz CT molecular complexity index is 734. The van der Waals surface area contributed by atoms with Crippen LogP contribution >= 0.6 is 11.3 Å². The van der Waals surface area contributed by atoms with E-state index in [2.05, 4.69) is 5.32 Å². The largest absolute Gasteiger partial charge is 0.342 e. The Morgan fingerprint density at radius 2 is 2.04 bits per heavy atom. The van der Waals surface area contributed by atoms with Gasteiger partial charge in [-0.05, 0) is 72.2 Å². The van der Waals surface area contributed by atoms with Crippen molar-refractivity contribution in [2.24, 2.45) is 5.92 Å². The van der Waals surface area contributed by atoms with E-state index < -0.39 is 0 Å². The summed E-state index contributed by atoms with van der Waals surface area (Å²) in [5.74, 6) is 0.828. The van der Waals surface area contributed by atoms with Crippen molar-refractivity contribution >= 4 is 28.8 Å². The third kappa shape index (κ3) is 5.43. The zero-order valence-electron chi connectivity index (χ0n) is 15.2. The minimum absolute atomic E-state index is 0.0755. The van der Waals surface area contributed by atoms with Gasteiger partial charge in [0.15, 0.2) is 0 Å². The van der Waals surface area contributed by atoms with Crippen molar-refractivity contribution in [2.45, 2.75) is 39.0 Å². The van der Waals surface area contributed by atoms with Gasteiger partial charge in [0.1, 0.15) is 0 Å². The van der Waals surface area contributed by atoms with Crippen LogP contribution in [0.2, 0.25) is 0 Å². The molecule has 1 aliphatic heterocycles. The number of carbonyl (C=O) groups is 2. The maximum Gasteiger partial charge on any atom is 0.227 e. The monoisotopic (exact) mass is 370 g/mol. The molecule has 0 unspecified atom stereocenters. The fourth-order valence-corrected chi connectivity index (χ4v) is 4.10. The summed E-state index contributed by atoms with van der Waals surface area (Å²) in [4.78, 5) is 26.5. The smallest absolute Gasteiger partial charge is 0.227 e. The molecule has 2 heterocycles. The lowest BCUT2D eigenvalue weighted by molar-refractivity contribution is -0.132. The first kappa shape index (κ1) is 18.6. The third-order valence-electron chi connectivity index (χ3n) is 4.98. The predicted octanol–water partition coefficient (Wildman–Crippen LogP) is 4.26. The zero-order valence-corrected chi connectivity index (χ0v) is 16.1. The molecule has 3 rings (SSSR count). The van der Waals surface area contributed by atoms with Crippen molar-refractivity contribution in [2.75, 3.05) is 18.4 Å². The Labute approximate surface area is 159 Å². The molecule has 1 saturated heterocycles. The normalized spacial score (nSPS) is 15.0. The van der Waals surface area contributed by atoms with Gasteiger partial charge in [0.05, 0.1) is 6.42 Å². The van der Waals surface area contributed by atoms with Crippen molar-refractivity contribution in [3.8, 4) is 0 Å². The molecule has 0 bridgehead atoms. The van der Waals surface area contributed by atoms with Gasteiger partial charge in [0, 0.05) is 25.2 Å². The number of hydrogen-bond acceptors (Lipinski definition) is 3. The van der Waals surface area contributed by atoms with Crippen LogP contribution in [0.1, 0.15) is 36.8 Å². The Kier molecular flexibility index (Phi) is 6.45. The topological polar surface area (TPSA) is 49.4 Å². The van der Waals surface area contributed by atoms with E-state index in [9.17, 15) is 9.59 Å². The second-order valence-electron chi connectivity index (χ2n) is 7.09. The van der Waals surface area contributed by atoms with Gasteiger partial charge in [-0.2, -0.15) is 11.3 Å². The number of nitrogens with one attached hydrogen (secondary N) is 1. The number of hydrogen-bond donors (Lipinski definition) is 1. The number of benzene rings is 1. The number of thiophene rings is 1. The Hall–Kier alpha value is -2.14. The van der Waals surface area contributed by atoms with Crippen LogP contribution in [0.4, 0.5) is 5.69 Å². The molecule has 2 aromatic rings. The van der Waals surface area contributed by atoms with Gasteiger partial charge in [-0.15, -0.1) is 0 Å². The molecule has 1 aliphatic rings. The predicted molar refractivity (Wildman–Crippen MR) is 106 cm³/mol. The molecule has 1 N–H and O–H groups in total. The molecule has 1 fully saturated rings. The number of aryl methyl sites for hydroxylation is 1. The van der Waals surface area contributed by atoms with E-state index in [1.807, 2.05) is 52.9 Å². The number of rotatable bonds is 6. The van der Waals surface area contributed by atoms with Crippen LogP contribution < -0.4 is 5.32 Å². The number of amides is 2. The van der Waals surface area contributed by atoms with E-state index in [-0.39, 0.29) is 11.8 Å². The highest BCUT2D eigenvalue weighted by atomic mass is 32.1. The molecule has 138 valence electrons. The quantitative estimate of drug-likeness (QED) is 0.826. The van der Waals surface area contributed by atoms with Crippen molar-refractivity contribution < 1.29 is 9.59 Å². The molecule has 0 atom stereocenters. The number of nitrogens with zero attached hydrogens (tertiary/aromatic N) is 1. The van der Waals surface area contributed by atoms with Crippen LogP contribution in [-0.2, 0) is 16.0 Å². The lowest BCUT2D eigenvalue weighted by atomic mass is 9.92. The molecule has 0 spiro atoms. The summed E-state index contributed by atoms with van der Waals surface area (Å²) in [6.07, 6.45) is 3.93. The summed E-state index contributed by atoms with van der Waals surface area (Å²) in [5, 5.41) is 7.02. The summed E-state index contributed by atoms with van der Waals surface area (Å²) in [6, 6.07) is 9.89. The molecule has 1 aromatic carbocycles. The van der Waals surface area contributed by atoms with Crippen LogP contribution in [0, 0.1) is 12.8 Å². The van der Waals surface area contributed by atoms with Crippen LogP contribution in [0.15, 0.2) is 41.1 Å². The number of carbonyl (C=O) groups excluding carboxylic acids is 2. The molecule has 0 radical (unpaired) electrons. The lowest BCUT2D eigenvalue weighted by Gasteiger charge is -2.32. The van der Waals surface area contributed by atoms with E-state index in [4.69, 9.17) is 0 Å². The minimum Gasteiger partial charge on any atom is -0.342 e. The zero-order chi connectivity index (χ0) is 18.4. The summed E-state index contributed by atoms with van der Waals surface area (Å²) in [6.45, 7) is 3.64. The SMILES string of the molecule is Cc1cccc(NC(=O)CCC2CCN(C(=O)Cc3ccsc3)CC2)c1. The third-order valence-corrected chi connectivity index (χ3v) is 5.72. The maximum absolute atomic E-state index is 12.3. The van der Waals surface area contributed by atoms with E-state index in [0.29, 0.717) is 18.8 Å². The fourth-order valence-electron chi connectivity index (χ4n) is 3.43.